The van der Waals surface area contributed by atoms with E-state index >= 15 is 0 Å². The van der Waals surface area contributed by atoms with Crippen LogP contribution in [-0.4, -0.2) is 95.4 Å². The van der Waals surface area contributed by atoms with Gasteiger partial charge in [0, 0.05) is 6.42 Å². The first-order valence-corrected chi connectivity index (χ1v) is 26.4. The number of carbonyl (C=O) groups is 1. The standard InChI is InChI=1S/C48H93NO11S/c1-3-5-7-9-11-13-15-16-17-18-19-20-21-22-23-24-25-26-28-29-31-33-35-37-42(51)41(49-44(52)38-36-34-32-30-27-14-12-10-8-6-4-2)40-58-48-46(54)47(60-61(55,56)57)45(53)43(39-50)59-48/h35,37,41-43,45-48,50-51,53-54H,3-34,36,38-40H2,1-2H3,(H,49,52)(H,55,56,57)/b37-35+. The molecule has 0 saturated carbocycles. The van der Waals surface area contributed by atoms with Crippen LogP contribution in [0.1, 0.15) is 232 Å². The maximum atomic E-state index is 13.0. The van der Waals surface area contributed by atoms with E-state index in [1.807, 2.05) is 6.08 Å². The van der Waals surface area contributed by atoms with Gasteiger partial charge < -0.3 is 35.2 Å². The highest BCUT2D eigenvalue weighted by atomic mass is 32.3. The highest BCUT2D eigenvalue weighted by Crippen LogP contribution is 2.26. The molecular formula is C48H93NO11S. The normalized spacial score (nSPS) is 20.7. The van der Waals surface area contributed by atoms with E-state index in [-0.39, 0.29) is 18.9 Å². The van der Waals surface area contributed by atoms with Crippen LogP contribution in [0.3, 0.4) is 0 Å². The van der Waals surface area contributed by atoms with Crippen molar-refractivity contribution < 1.29 is 51.8 Å². The second-order valence-electron chi connectivity index (χ2n) is 17.8. The van der Waals surface area contributed by atoms with E-state index in [0.717, 1.165) is 38.5 Å². The van der Waals surface area contributed by atoms with E-state index in [9.17, 15) is 38.2 Å². The molecule has 1 amide bonds. The fraction of sp³-hybridized carbons (Fsp3) is 0.938. The summed E-state index contributed by atoms with van der Waals surface area (Å²) >= 11 is 0. The third kappa shape index (κ3) is 32.2. The number of hydrogen-bond donors (Lipinski definition) is 6. The molecule has 1 aliphatic heterocycles. The highest BCUT2D eigenvalue weighted by molar-refractivity contribution is 7.80. The summed E-state index contributed by atoms with van der Waals surface area (Å²) in [5.41, 5.74) is 0. The monoisotopic (exact) mass is 892 g/mol. The minimum atomic E-state index is -5.08. The van der Waals surface area contributed by atoms with E-state index in [4.69, 9.17) is 9.47 Å². The maximum absolute atomic E-state index is 13.0. The van der Waals surface area contributed by atoms with Gasteiger partial charge in [-0.05, 0) is 19.3 Å². The lowest BCUT2D eigenvalue weighted by molar-refractivity contribution is -0.298. The molecule has 1 rings (SSSR count). The molecule has 1 heterocycles. The lowest BCUT2D eigenvalue weighted by atomic mass is 9.99. The summed E-state index contributed by atoms with van der Waals surface area (Å²) in [5.74, 6) is -0.261. The van der Waals surface area contributed by atoms with Crippen LogP contribution >= 0.6 is 0 Å². The molecule has 0 aliphatic carbocycles. The second kappa shape index (κ2) is 39.2. The topological polar surface area (TPSA) is 192 Å². The first-order valence-electron chi connectivity index (χ1n) is 25.1. The Labute approximate surface area is 372 Å². The molecule has 1 aliphatic rings. The number of allylic oxidation sites excluding steroid dienone is 1. The minimum absolute atomic E-state index is 0.261. The van der Waals surface area contributed by atoms with Crippen molar-refractivity contribution in [3.63, 3.8) is 0 Å². The van der Waals surface area contributed by atoms with E-state index in [0.29, 0.717) is 6.42 Å². The molecule has 1 saturated heterocycles. The van der Waals surface area contributed by atoms with E-state index in [1.165, 1.54) is 167 Å². The molecule has 13 heteroatoms. The number of aliphatic hydroxyl groups is 4. The number of amides is 1. The molecule has 7 unspecified atom stereocenters. The lowest BCUT2D eigenvalue weighted by Gasteiger charge is -2.41. The Morgan fingerprint density at radius 3 is 1.43 bits per heavy atom. The smallest absolute Gasteiger partial charge is 0.394 e. The van der Waals surface area contributed by atoms with Crippen LogP contribution < -0.4 is 5.32 Å². The molecular weight excluding hydrogens is 799 g/mol. The van der Waals surface area contributed by atoms with Gasteiger partial charge in [0.15, 0.2) is 6.29 Å². The van der Waals surface area contributed by atoms with E-state index in [1.54, 1.807) is 6.08 Å². The summed E-state index contributed by atoms with van der Waals surface area (Å²) < 4.78 is 47.6. The van der Waals surface area contributed by atoms with Crippen molar-refractivity contribution in [1.82, 2.24) is 5.32 Å². The van der Waals surface area contributed by atoms with Crippen molar-refractivity contribution in [1.29, 1.82) is 0 Å². The van der Waals surface area contributed by atoms with E-state index < -0.39 is 59.9 Å². The predicted octanol–water partition coefficient (Wildman–Crippen LogP) is 10.3. The third-order valence-electron chi connectivity index (χ3n) is 12.1. The average Bonchev–Trinajstić information content (AvgIpc) is 3.23. The number of carbonyl (C=O) groups excluding carboxylic acids is 1. The number of nitrogens with one attached hydrogen (secondary N) is 1. The van der Waals surface area contributed by atoms with Gasteiger partial charge in [-0.1, -0.05) is 219 Å². The van der Waals surface area contributed by atoms with Crippen molar-refractivity contribution in [3.05, 3.63) is 12.2 Å². The van der Waals surface area contributed by atoms with Crippen LogP contribution in [0.4, 0.5) is 0 Å². The highest BCUT2D eigenvalue weighted by Gasteiger charge is 2.48. The van der Waals surface area contributed by atoms with Gasteiger partial charge in [-0.15, -0.1) is 0 Å². The van der Waals surface area contributed by atoms with Gasteiger partial charge in [-0.3, -0.25) is 9.35 Å². The minimum Gasteiger partial charge on any atom is -0.394 e. The van der Waals surface area contributed by atoms with Crippen LogP contribution in [0, 0.1) is 0 Å². The molecule has 7 atom stereocenters. The van der Waals surface area contributed by atoms with Crippen LogP contribution in [-0.2, 0) is 28.9 Å². The summed E-state index contributed by atoms with van der Waals surface area (Å²) in [7, 11) is -5.08. The summed E-state index contributed by atoms with van der Waals surface area (Å²) in [4.78, 5) is 13.0. The Morgan fingerprint density at radius 2 is 1.03 bits per heavy atom. The van der Waals surface area contributed by atoms with Gasteiger partial charge in [0.1, 0.15) is 24.4 Å². The third-order valence-corrected chi connectivity index (χ3v) is 12.5. The second-order valence-corrected chi connectivity index (χ2v) is 18.8. The first kappa shape index (κ1) is 57.9. The van der Waals surface area contributed by atoms with Gasteiger partial charge in [-0.2, -0.15) is 8.42 Å². The van der Waals surface area contributed by atoms with Crippen molar-refractivity contribution in [2.24, 2.45) is 0 Å². The van der Waals surface area contributed by atoms with Gasteiger partial charge >= 0.3 is 10.4 Å². The molecule has 6 N–H and O–H groups in total. The zero-order valence-electron chi connectivity index (χ0n) is 38.7. The summed E-state index contributed by atoms with van der Waals surface area (Å²) in [6, 6.07) is -0.938. The average molecular weight is 892 g/mol. The summed E-state index contributed by atoms with van der Waals surface area (Å²) in [6.45, 7) is 3.39. The largest absolute Gasteiger partial charge is 0.397 e. The van der Waals surface area contributed by atoms with Gasteiger partial charge in [0.05, 0.1) is 25.4 Å². The number of rotatable bonds is 43. The summed E-state index contributed by atoms with van der Waals surface area (Å²) in [5, 5.41) is 44.7. The van der Waals surface area contributed by atoms with Crippen LogP contribution in [0.25, 0.3) is 0 Å². The van der Waals surface area contributed by atoms with Gasteiger partial charge in [0.2, 0.25) is 5.91 Å². The zero-order chi connectivity index (χ0) is 44.8. The SMILES string of the molecule is CCCCCCCCCCCCCCCCCCCCCCC/C=C/C(O)C(COC1OC(CO)C(O)C(OS(=O)(=O)O)C1O)NC(=O)CCCCCCCCCCCCC. The first-order chi connectivity index (χ1) is 29.5. The van der Waals surface area contributed by atoms with Crippen LogP contribution in [0.15, 0.2) is 12.2 Å². The number of ether oxygens (including phenoxy) is 2. The van der Waals surface area contributed by atoms with Gasteiger partial charge in [0.25, 0.3) is 0 Å². The fourth-order valence-electron chi connectivity index (χ4n) is 8.16. The summed E-state index contributed by atoms with van der Waals surface area (Å²) in [6.07, 6.45) is 35.5. The lowest BCUT2D eigenvalue weighted by Crippen LogP contribution is -2.61. The van der Waals surface area contributed by atoms with Crippen molar-refractivity contribution in [2.45, 2.75) is 275 Å². The Balaban J connectivity index is 2.41. The Morgan fingerprint density at radius 1 is 0.639 bits per heavy atom. The molecule has 12 nitrogen and oxygen atoms in total. The number of hydrogen-bond acceptors (Lipinski definition) is 10. The molecule has 0 radical (unpaired) electrons. The van der Waals surface area contributed by atoms with Crippen molar-refractivity contribution in [3.8, 4) is 0 Å². The molecule has 0 aromatic heterocycles. The van der Waals surface area contributed by atoms with Crippen molar-refractivity contribution >= 4 is 16.3 Å². The van der Waals surface area contributed by atoms with Crippen molar-refractivity contribution in [2.75, 3.05) is 13.2 Å². The Kier molecular flexibility index (Phi) is 37.2. The van der Waals surface area contributed by atoms with Gasteiger partial charge in [-0.25, -0.2) is 4.18 Å². The Bertz CT molecular complexity index is 1140. The zero-order valence-corrected chi connectivity index (χ0v) is 39.6. The predicted molar refractivity (Wildman–Crippen MR) is 246 cm³/mol. The molecule has 362 valence electrons. The fourth-order valence-corrected chi connectivity index (χ4v) is 8.67. The Hall–Kier alpha value is -1.16. The molecule has 0 aromatic rings. The quantitative estimate of drug-likeness (QED) is 0.0194. The van der Waals surface area contributed by atoms with E-state index in [2.05, 4.69) is 23.3 Å². The molecule has 0 aromatic carbocycles. The molecule has 0 bridgehead atoms. The van der Waals surface area contributed by atoms with Crippen LogP contribution in [0.2, 0.25) is 0 Å². The molecule has 0 spiro atoms. The number of unbranched alkanes of at least 4 members (excludes halogenated alkanes) is 31. The number of aliphatic hydroxyl groups excluding tert-OH is 4. The van der Waals surface area contributed by atoms with Crippen LogP contribution in [0.5, 0.6) is 0 Å². The maximum Gasteiger partial charge on any atom is 0.397 e. The molecule has 1 fully saturated rings. The molecule has 61 heavy (non-hydrogen) atoms.